The molecule has 0 aliphatic carbocycles. The van der Waals surface area contributed by atoms with Crippen molar-refractivity contribution in [1.29, 1.82) is 0 Å². The fourth-order valence-corrected chi connectivity index (χ4v) is 2.79. The van der Waals surface area contributed by atoms with E-state index in [0.717, 1.165) is 11.3 Å². The Morgan fingerprint density at radius 1 is 1.32 bits per heavy atom. The highest BCUT2D eigenvalue weighted by molar-refractivity contribution is 7.11. The molecule has 0 atom stereocenters. The minimum atomic E-state index is -1.08. The number of carbonyl (C=O) groups is 1. The third-order valence-electron chi connectivity index (χ3n) is 2.62. The van der Waals surface area contributed by atoms with Crippen LogP contribution >= 0.6 is 22.9 Å². The van der Waals surface area contributed by atoms with Gasteiger partial charge in [0.25, 0.3) is 0 Å². The van der Waals surface area contributed by atoms with Crippen LogP contribution in [0.5, 0.6) is 5.75 Å². The van der Waals surface area contributed by atoms with Gasteiger partial charge >= 0.3 is 5.97 Å². The van der Waals surface area contributed by atoms with Gasteiger partial charge in [0, 0.05) is 9.75 Å². The first-order valence-electron chi connectivity index (χ1n) is 5.84. The average molecular weight is 297 g/mol. The fourth-order valence-electron chi connectivity index (χ4n) is 1.67. The molecule has 0 aliphatic rings. The van der Waals surface area contributed by atoms with E-state index in [1.165, 1.54) is 10.9 Å². The van der Waals surface area contributed by atoms with Crippen molar-refractivity contribution in [2.45, 2.75) is 20.0 Å². The van der Waals surface area contributed by atoms with E-state index in [1.807, 2.05) is 6.07 Å². The van der Waals surface area contributed by atoms with E-state index in [1.54, 1.807) is 23.5 Å². The van der Waals surface area contributed by atoms with Gasteiger partial charge in [-0.15, -0.1) is 11.3 Å². The van der Waals surface area contributed by atoms with Gasteiger partial charge < -0.3 is 9.84 Å². The Balaban J connectivity index is 2.15. The average Bonchev–Trinajstić information content (AvgIpc) is 2.83. The van der Waals surface area contributed by atoms with Gasteiger partial charge in [0.15, 0.2) is 0 Å². The molecule has 3 nitrogen and oxygen atoms in total. The summed E-state index contributed by atoms with van der Waals surface area (Å²) in [6, 6.07) is 8.88. The lowest BCUT2D eigenvalue weighted by Gasteiger charge is -2.09. The van der Waals surface area contributed by atoms with E-state index in [0.29, 0.717) is 12.4 Å². The summed E-state index contributed by atoms with van der Waals surface area (Å²) in [6.07, 6.45) is 0.988. The van der Waals surface area contributed by atoms with Crippen LogP contribution in [0.1, 0.15) is 27.0 Å². The van der Waals surface area contributed by atoms with Crippen LogP contribution in [0.15, 0.2) is 30.3 Å². The molecule has 0 saturated heterocycles. The molecule has 1 N–H and O–H groups in total. The van der Waals surface area contributed by atoms with Crippen LogP contribution in [-0.4, -0.2) is 11.1 Å². The Bertz CT molecular complexity index is 592. The van der Waals surface area contributed by atoms with Gasteiger partial charge in [-0.05, 0) is 30.7 Å². The van der Waals surface area contributed by atoms with Crippen molar-refractivity contribution in [3.8, 4) is 5.75 Å². The van der Waals surface area contributed by atoms with E-state index in [4.69, 9.17) is 21.4 Å². The molecule has 2 rings (SSSR count). The highest BCUT2D eigenvalue weighted by Gasteiger charge is 2.15. The van der Waals surface area contributed by atoms with Gasteiger partial charge in [-0.25, -0.2) is 4.79 Å². The molecular weight excluding hydrogens is 284 g/mol. The Hall–Kier alpha value is -1.52. The van der Waals surface area contributed by atoms with E-state index >= 15 is 0 Å². The van der Waals surface area contributed by atoms with Gasteiger partial charge in [0.2, 0.25) is 0 Å². The Morgan fingerprint density at radius 3 is 2.68 bits per heavy atom. The molecule has 0 saturated carbocycles. The maximum absolute atomic E-state index is 11.1. The lowest BCUT2D eigenvalue weighted by atomic mass is 10.2. The molecule has 0 aliphatic heterocycles. The van der Waals surface area contributed by atoms with Crippen molar-refractivity contribution < 1.29 is 14.6 Å². The monoisotopic (exact) mass is 296 g/mol. The van der Waals surface area contributed by atoms with Gasteiger partial charge in [-0.2, -0.15) is 0 Å². The van der Waals surface area contributed by atoms with Gasteiger partial charge in [-0.3, -0.25) is 0 Å². The van der Waals surface area contributed by atoms with Crippen LogP contribution in [0, 0.1) is 0 Å². The van der Waals surface area contributed by atoms with E-state index in [2.05, 4.69) is 13.0 Å². The number of hydrogen-bond acceptors (Lipinski definition) is 3. The molecule has 0 unspecified atom stereocenters. The predicted octanol–water partition coefficient (Wildman–Crippen LogP) is 4.24. The van der Waals surface area contributed by atoms with Gasteiger partial charge in [0.05, 0.1) is 5.02 Å². The number of carboxylic acids is 1. The fraction of sp³-hybridized carbons (Fsp3) is 0.214. The number of ether oxygens (including phenoxy) is 1. The number of carboxylic acid groups (broad SMARTS) is 1. The zero-order valence-corrected chi connectivity index (χ0v) is 11.9. The number of aryl methyl sites for hydroxylation is 1. The van der Waals surface area contributed by atoms with Crippen molar-refractivity contribution in [3.63, 3.8) is 0 Å². The number of halogens is 1. The van der Waals surface area contributed by atoms with E-state index in [-0.39, 0.29) is 10.6 Å². The zero-order valence-electron chi connectivity index (χ0n) is 10.4. The second-order valence-electron chi connectivity index (χ2n) is 3.93. The molecule has 0 spiro atoms. The van der Waals surface area contributed by atoms with Crippen molar-refractivity contribution >= 4 is 28.9 Å². The molecule has 0 bridgehead atoms. The molecule has 0 amide bonds. The third kappa shape index (κ3) is 3.28. The van der Waals surface area contributed by atoms with Crippen molar-refractivity contribution in [2.24, 2.45) is 0 Å². The first-order valence-corrected chi connectivity index (χ1v) is 7.03. The highest BCUT2D eigenvalue weighted by Crippen LogP contribution is 2.28. The molecule has 5 heteroatoms. The quantitative estimate of drug-likeness (QED) is 0.897. The normalized spacial score (nSPS) is 10.4. The summed E-state index contributed by atoms with van der Waals surface area (Å²) < 4.78 is 5.57. The largest absolute Gasteiger partial charge is 0.487 e. The summed E-state index contributed by atoms with van der Waals surface area (Å²) in [5.41, 5.74) is 0.0106. The van der Waals surface area contributed by atoms with Crippen LogP contribution in [0.4, 0.5) is 0 Å². The first kappa shape index (κ1) is 13.9. The Kier molecular flexibility index (Phi) is 4.45. The molecule has 19 heavy (non-hydrogen) atoms. The van der Waals surface area contributed by atoms with Crippen LogP contribution in [0.2, 0.25) is 5.02 Å². The summed E-state index contributed by atoms with van der Waals surface area (Å²) >= 11 is 7.54. The maximum atomic E-state index is 11.1. The van der Waals surface area contributed by atoms with E-state index < -0.39 is 5.97 Å². The SMILES string of the molecule is CCc1ccc(COc2cccc(Cl)c2C(=O)O)s1. The van der Waals surface area contributed by atoms with Gasteiger partial charge in [-0.1, -0.05) is 24.6 Å². The van der Waals surface area contributed by atoms with Crippen molar-refractivity contribution in [1.82, 2.24) is 0 Å². The van der Waals surface area contributed by atoms with Crippen LogP contribution in [0.3, 0.4) is 0 Å². The third-order valence-corrected chi connectivity index (χ3v) is 4.14. The zero-order chi connectivity index (χ0) is 13.8. The minimum Gasteiger partial charge on any atom is -0.487 e. The lowest BCUT2D eigenvalue weighted by Crippen LogP contribution is -2.03. The summed E-state index contributed by atoms with van der Waals surface area (Å²) in [7, 11) is 0. The molecule has 1 heterocycles. The second kappa shape index (κ2) is 6.08. The minimum absolute atomic E-state index is 0.0106. The Labute approximate surface area is 120 Å². The van der Waals surface area contributed by atoms with Crippen molar-refractivity contribution in [3.05, 3.63) is 50.7 Å². The number of hydrogen-bond donors (Lipinski definition) is 1. The van der Waals surface area contributed by atoms with Crippen molar-refractivity contribution in [2.75, 3.05) is 0 Å². The van der Waals surface area contributed by atoms with Gasteiger partial charge in [0.1, 0.15) is 17.9 Å². The summed E-state index contributed by atoms with van der Waals surface area (Å²) in [4.78, 5) is 13.5. The Morgan fingerprint density at radius 2 is 2.05 bits per heavy atom. The predicted molar refractivity (Wildman–Crippen MR) is 76.4 cm³/mol. The summed E-state index contributed by atoms with van der Waals surface area (Å²) in [5, 5.41) is 9.31. The van der Waals surface area contributed by atoms with Crippen LogP contribution in [0.25, 0.3) is 0 Å². The molecule has 1 aromatic heterocycles. The number of benzene rings is 1. The second-order valence-corrected chi connectivity index (χ2v) is 5.59. The number of aromatic carboxylic acids is 1. The standard InChI is InChI=1S/C14H13ClO3S/c1-2-9-6-7-10(19-9)8-18-12-5-3-4-11(15)13(12)14(16)17/h3-7H,2,8H2,1H3,(H,16,17). The molecular formula is C14H13ClO3S. The molecule has 100 valence electrons. The summed E-state index contributed by atoms with van der Waals surface area (Å²) in [5.74, 6) is -0.785. The summed E-state index contributed by atoms with van der Waals surface area (Å²) in [6.45, 7) is 2.45. The first-order chi connectivity index (χ1) is 9.11. The molecule has 0 fully saturated rings. The molecule has 2 aromatic rings. The topological polar surface area (TPSA) is 46.5 Å². The van der Waals surface area contributed by atoms with E-state index in [9.17, 15) is 4.79 Å². The highest BCUT2D eigenvalue weighted by atomic mass is 35.5. The molecule has 1 aromatic carbocycles. The smallest absolute Gasteiger partial charge is 0.341 e. The number of thiophene rings is 1. The van der Waals surface area contributed by atoms with Crippen LogP contribution < -0.4 is 4.74 Å². The maximum Gasteiger partial charge on any atom is 0.341 e. The number of rotatable bonds is 5. The van der Waals surface area contributed by atoms with Crippen LogP contribution in [-0.2, 0) is 13.0 Å². The molecule has 0 radical (unpaired) electrons. The lowest BCUT2D eigenvalue weighted by molar-refractivity contribution is 0.0692.